The molecular formula is C23H29ClN2O4. The second kappa shape index (κ2) is 11.5. The van der Waals surface area contributed by atoms with Crippen molar-refractivity contribution in [3.05, 3.63) is 59.1 Å². The summed E-state index contributed by atoms with van der Waals surface area (Å²) in [6.07, 6.45) is 0. The second-order valence-corrected chi connectivity index (χ2v) is 7.84. The minimum Gasteiger partial charge on any atom is -0.493 e. The maximum Gasteiger partial charge on any atom is 0.261 e. The van der Waals surface area contributed by atoms with E-state index in [9.17, 15) is 9.59 Å². The van der Waals surface area contributed by atoms with E-state index < -0.39 is 6.04 Å². The molecular weight excluding hydrogens is 404 g/mol. The predicted octanol–water partition coefficient (Wildman–Crippen LogP) is 3.92. The number of hydrogen-bond acceptors (Lipinski definition) is 4. The van der Waals surface area contributed by atoms with Crippen LogP contribution in [0.1, 0.15) is 26.3 Å². The molecule has 6 nitrogen and oxygen atoms in total. The summed E-state index contributed by atoms with van der Waals surface area (Å²) >= 11 is 5.96. The first kappa shape index (κ1) is 23.5. The van der Waals surface area contributed by atoms with Crippen molar-refractivity contribution in [2.24, 2.45) is 5.92 Å². The smallest absolute Gasteiger partial charge is 0.261 e. The average molecular weight is 433 g/mol. The van der Waals surface area contributed by atoms with E-state index in [0.29, 0.717) is 29.0 Å². The van der Waals surface area contributed by atoms with Gasteiger partial charge in [-0.3, -0.25) is 9.59 Å². The number of para-hydroxylation sites is 2. The molecule has 0 radical (unpaired) electrons. The van der Waals surface area contributed by atoms with Gasteiger partial charge in [-0.25, -0.2) is 0 Å². The summed E-state index contributed by atoms with van der Waals surface area (Å²) in [6, 6.07) is 13.6. The Morgan fingerprint density at radius 3 is 2.27 bits per heavy atom. The van der Waals surface area contributed by atoms with Crippen LogP contribution in [0.5, 0.6) is 11.5 Å². The third-order valence-electron chi connectivity index (χ3n) is 4.54. The van der Waals surface area contributed by atoms with Crippen LogP contribution in [0.3, 0.4) is 0 Å². The van der Waals surface area contributed by atoms with Gasteiger partial charge in [-0.15, -0.1) is 0 Å². The monoisotopic (exact) mass is 432 g/mol. The topological polar surface area (TPSA) is 67.9 Å². The molecule has 30 heavy (non-hydrogen) atoms. The highest BCUT2D eigenvalue weighted by Crippen LogP contribution is 2.26. The number of methoxy groups -OCH3 is 1. The van der Waals surface area contributed by atoms with Gasteiger partial charge in [0.05, 0.1) is 7.11 Å². The first-order valence-corrected chi connectivity index (χ1v) is 10.3. The number of nitrogens with one attached hydrogen (secondary N) is 1. The van der Waals surface area contributed by atoms with E-state index >= 15 is 0 Å². The van der Waals surface area contributed by atoms with Crippen LogP contribution in [0, 0.1) is 5.92 Å². The molecule has 1 N–H and O–H groups in total. The Labute approximate surface area is 183 Å². The van der Waals surface area contributed by atoms with Crippen LogP contribution in [0.4, 0.5) is 0 Å². The molecule has 162 valence electrons. The van der Waals surface area contributed by atoms with Crippen LogP contribution < -0.4 is 14.8 Å². The molecule has 2 aromatic carbocycles. The summed E-state index contributed by atoms with van der Waals surface area (Å²) in [5, 5.41) is 3.50. The lowest BCUT2D eigenvalue weighted by Crippen LogP contribution is -2.49. The van der Waals surface area contributed by atoms with Gasteiger partial charge in [0, 0.05) is 18.1 Å². The van der Waals surface area contributed by atoms with Gasteiger partial charge >= 0.3 is 0 Å². The number of hydrogen-bond donors (Lipinski definition) is 1. The van der Waals surface area contributed by atoms with Crippen LogP contribution in [0.25, 0.3) is 0 Å². The third kappa shape index (κ3) is 6.95. The van der Waals surface area contributed by atoms with Crippen LogP contribution in [0.2, 0.25) is 5.02 Å². The lowest BCUT2D eigenvalue weighted by atomic mass is 10.1. The number of ether oxygens (including phenoxy) is 2. The molecule has 0 aliphatic carbocycles. The summed E-state index contributed by atoms with van der Waals surface area (Å²) in [7, 11) is 1.54. The summed E-state index contributed by atoms with van der Waals surface area (Å²) in [4.78, 5) is 27.2. The molecule has 1 unspecified atom stereocenters. The van der Waals surface area contributed by atoms with Crippen molar-refractivity contribution in [1.29, 1.82) is 0 Å². The average Bonchev–Trinajstić information content (AvgIpc) is 2.75. The largest absolute Gasteiger partial charge is 0.493 e. The minimum atomic E-state index is -0.659. The molecule has 1 atom stereocenters. The highest BCUT2D eigenvalue weighted by molar-refractivity contribution is 6.30. The molecule has 2 rings (SSSR count). The Balaban J connectivity index is 2.15. The third-order valence-corrected chi connectivity index (χ3v) is 4.79. The molecule has 0 aliphatic rings. The van der Waals surface area contributed by atoms with E-state index in [1.54, 1.807) is 37.3 Å². The number of carbonyl (C=O) groups excluding carboxylic acids is 2. The molecule has 0 aromatic heterocycles. The molecule has 7 heteroatoms. The Hall–Kier alpha value is -2.73. The van der Waals surface area contributed by atoms with Gasteiger partial charge in [-0.2, -0.15) is 0 Å². The summed E-state index contributed by atoms with van der Waals surface area (Å²) in [5.74, 6) is 0.816. The van der Waals surface area contributed by atoms with E-state index in [4.69, 9.17) is 21.1 Å². The van der Waals surface area contributed by atoms with Gasteiger partial charge in [0.2, 0.25) is 5.91 Å². The number of rotatable bonds is 10. The molecule has 2 amide bonds. The zero-order valence-corrected chi connectivity index (χ0v) is 18.6. The molecule has 0 saturated carbocycles. The van der Waals surface area contributed by atoms with Gasteiger partial charge in [0.1, 0.15) is 6.04 Å². The second-order valence-electron chi connectivity index (χ2n) is 7.40. The lowest BCUT2D eigenvalue weighted by Gasteiger charge is -2.29. The van der Waals surface area contributed by atoms with Crippen molar-refractivity contribution in [2.45, 2.75) is 33.4 Å². The van der Waals surface area contributed by atoms with E-state index in [2.05, 4.69) is 5.32 Å². The van der Waals surface area contributed by atoms with Gasteiger partial charge in [0.15, 0.2) is 18.1 Å². The van der Waals surface area contributed by atoms with Crippen molar-refractivity contribution < 1.29 is 19.1 Å². The number of halogens is 1. The van der Waals surface area contributed by atoms with Crippen LogP contribution >= 0.6 is 11.6 Å². The van der Waals surface area contributed by atoms with E-state index in [1.165, 1.54) is 12.0 Å². The number of benzene rings is 2. The fraction of sp³-hybridized carbons (Fsp3) is 0.391. The molecule has 0 bridgehead atoms. The SMILES string of the molecule is COc1ccccc1OCC(=O)N(Cc1ccc(Cl)cc1)C(C)C(=O)NCC(C)C. The van der Waals surface area contributed by atoms with Crippen molar-refractivity contribution >= 4 is 23.4 Å². The highest BCUT2D eigenvalue weighted by atomic mass is 35.5. The molecule has 0 aliphatic heterocycles. The highest BCUT2D eigenvalue weighted by Gasteiger charge is 2.26. The van der Waals surface area contributed by atoms with E-state index in [0.717, 1.165) is 5.56 Å². The van der Waals surface area contributed by atoms with Crippen LogP contribution in [-0.2, 0) is 16.1 Å². The standard InChI is InChI=1S/C23H29ClN2O4/c1-16(2)13-25-23(28)17(3)26(14-18-9-11-19(24)12-10-18)22(27)15-30-21-8-6-5-7-20(21)29-4/h5-12,16-17H,13-15H2,1-4H3,(H,25,28). The number of nitrogens with zero attached hydrogens (tertiary/aromatic N) is 1. The van der Waals surface area contributed by atoms with Crippen molar-refractivity contribution in [3.8, 4) is 11.5 Å². The number of amides is 2. The predicted molar refractivity (Wildman–Crippen MR) is 118 cm³/mol. The fourth-order valence-corrected chi connectivity index (χ4v) is 2.91. The summed E-state index contributed by atoms with van der Waals surface area (Å²) < 4.78 is 10.9. The number of carbonyl (C=O) groups is 2. The van der Waals surface area contributed by atoms with Crippen LogP contribution in [0.15, 0.2) is 48.5 Å². The lowest BCUT2D eigenvalue weighted by molar-refractivity contribution is -0.142. The Morgan fingerprint density at radius 1 is 1.03 bits per heavy atom. The van der Waals surface area contributed by atoms with Gasteiger partial charge in [-0.05, 0) is 42.7 Å². The summed E-state index contributed by atoms with van der Waals surface area (Å²) in [6.45, 7) is 6.35. The normalized spacial score (nSPS) is 11.7. The summed E-state index contributed by atoms with van der Waals surface area (Å²) in [5.41, 5.74) is 0.869. The minimum absolute atomic E-state index is 0.205. The van der Waals surface area contributed by atoms with E-state index in [-0.39, 0.29) is 25.0 Å². The Morgan fingerprint density at radius 2 is 1.67 bits per heavy atom. The fourth-order valence-electron chi connectivity index (χ4n) is 2.78. The zero-order chi connectivity index (χ0) is 22.1. The Kier molecular flexibility index (Phi) is 8.99. The van der Waals surface area contributed by atoms with Crippen LogP contribution in [-0.4, -0.2) is 43.0 Å². The maximum atomic E-state index is 13.0. The van der Waals surface area contributed by atoms with E-state index in [1.807, 2.05) is 32.0 Å². The molecule has 0 saturated heterocycles. The zero-order valence-electron chi connectivity index (χ0n) is 17.9. The van der Waals surface area contributed by atoms with Gasteiger partial charge in [0.25, 0.3) is 5.91 Å². The first-order valence-electron chi connectivity index (χ1n) is 9.89. The van der Waals surface area contributed by atoms with Gasteiger partial charge in [-0.1, -0.05) is 49.7 Å². The maximum absolute atomic E-state index is 13.0. The molecule has 0 fully saturated rings. The molecule has 0 spiro atoms. The van der Waals surface area contributed by atoms with Crippen molar-refractivity contribution in [2.75, 3.05) is 20.3 Å². The first-order chi connectivity index (χ1) is 14.3. The molecule has 0 heterocycles. The van der Waals surface area contributed by atoms with Crippen molar-refractivity contribution in [1.82, 2.24) is 10.2 Å². The Bertz CT molecular complexity index is 839. The quantitative estimate of drug-likeness (QED) is 0.618. The van der Waals surface area contributed by atoms with Gasteiger partial charge < -0.3 is 19.7 Å². The molecule has 2 aromatic rings. The van der Waals surface area contributed by atoms with Crippen molar-refractivity contribution in [3.63, 3.8) is 0 Å².